The monoisotopic (exact) mass is 427 g/mol. The molecule has 2 amide bonds. The van der Waals surface area contributed by atoms with Crippen LogP contribution in [-0.4, -0.2) is 24.9 Å². The van der Waals surface area contributed by atoms with Gasteiger partial charge in [0.1, 0.15) is 6.17 Å². The molecule has 1 aliphatic heterocycles. The summed E-state index contributed by atoms with van der Waals surface area (Å²) in [5, 5.41) is 6.01. The second kappa shape index (κ2) is 10.6. The smallest absolute Gasteiger partial charge is 0.226 e. The Morgan fingerprint density at radius 2 is 1.16 bits per heavy atom. The van der Waals surface area contributed by atoms with Gasteiger partial charge in [0.2, 0.25) is 11.8 Å². The molecule has 0 spiro atoms. The molecule has 0 saturated carbocycles. The van der Waals surface area contributed by atoms with Gasteiger partial charge in [0.15, 0.2) is 0 Å². The Morgan fingerprint density at radius 3 is 1.62 bits per heavy atom. The summed E-state index contributed by atoms with van der Waals surface area (Å²) in [6, 6.07) is 27.3. The first-order chi connectivity index (χ1) is 15.7. The van der Waals surface area contributed by atoms with Crippen molar-refractivity contribution in [1.82, 2.24) is 10.6 Å². The van der Waals surface area contributed by atoms with Gasteiger partial charge in [-0.3, -0.25) is 9.59 Å². The average molecular weight is 428 g/mol. The molecule has 1 saturated heterocycles. The summed E-state index contributed by atoms with van der Waals surface area (Å²) in [6.07, 6.45) is 2.37. The van der Waals surface area contributed by atoms with Crippen LogP contribution in [0.3, 0.4) is 0 Å². The average Bonchev–Trinajstić information content (AvgIpc) is 3.35. The fourth-order valence-corrected chi connectivity index (χ4v) is 4.04. The quantitative estimate of drug-likeness (QED) is 0.534. The molecule has 3 aromatic carbocycles. The molecule has 0 aliphatic carbocycles. The highest BCUT2D eigenvalue weighted by Crippen LogP contribution is 2.22. The maximum absolute atomic E-state index is 12.7. The highest BCUT2D eigenvalue weighted by molar-refractivity contribution is 5.82. The highest BCUT2D eigenvalue weighted by Gasteiger charge is 2.19. The van der Waals surface area contributed by atoms with Crippen LogP contribution in [0.4, 0.5) is 5.69 Å². The minimum absolute atomic E-state index is 0.134. The Labute approximate surface area is 189 Å². The Morgan fingerprint density at radius 1 is 0.688 bits per heavy atom. The van der Waals surface area contributed by atoms with Gasteiger partial charge in [-0.25, -0.2) is 0 Å². The van der Waals surface area contributed by atoms with Crippen molar-refractivity contribution in [3.05, 3.63) is 102 Å². The highest BCUT2D eigenvalue weighted by atomic mass is 16.2. The zero-order valence-corrected chi connectivity index (χ0v) is 18.2. The van der Waals surface area contributed by atoms with E-state index in [2.05, 4.69) is 27.7 Å². The van der Waals surface area contributed by atoms with Crippen molar-refractivity contribution in [2.24, 2.45) is 0 Å². The number of hydrogen-bond donors (Lipinski definition) is 2. The summed E-state index contributed by atoms with van der Waals surface area (Å²) >= 11 is 0. The largest absolute Gasteiger partial charge is 0.372 e. The predicted molar refractivity (Wildman–Crippen MR) is 127 cm³/mol. The van der Waals surface area contributed by atoms with Crippen molar-refractivity contribution >= 4 is 17.5 Å². The SMILES string of the molecule is O=C(Cc1ccccc1)NC(NC(=O)Cc1ccccc1)c1ccc(N2CCCC2)cc1. The summed E-state index contributed by atoms with van der Waals surface area (Å²) in [4.78, 5) is 27.8. The van der Waals surface area contributed by atoms with E-state index in [1.165, 1.54) is 18.5 Å². The van der Waals surface area contributed by atoms with Crippen LogP contribution in [0.5, 0.6) is 0 Å². The van der Waals surface area contributed by atoms with Crippen LogP contribution in [0, 0.1) is 0 Å². The van der Waals surface area contributed by atoms with Gasteiger partial charge in [0, 0.05) is 18.8 Å². The lowest BCUT2D eigenvalue weighted by Gasteiger charge is -2.23. The standard InChI is InChI=1S/C27H29N3O2/c31-25(19-21-9-3-1-4-10-21)28-27(29-26(32)20-22-11-5-2-6-12-22)23-13-15-24(16-14-23)30-17-7-8-18-30/h1-6,9-16,27H,7-8,17-20H2,(H,28,31)(H,29,32). The van der Waals surface area contributed by atoms with Crippen LogP contribution >= 0.6 is 0 Å². The second-order valence-corrected chi connectivity index (χ2v) is 8.18. The van der Waals surface area contributed by atoms with E-state index in [0.29, 0.717) is 0 Å². The van der Waals surface area contributed by atoms with E-state index in [1.54, 1.807) is 0 Å². The Balaban J connectivity index is 1.47. The fourth-order valence-electron chi connectivity index (χ4n) is 4.04. The van der Waals surface area contributed by atoms with Crippen LogP contribution in [0.2, 0.25) is 0 Å². The fraction of sp³-hybridized carbons (Fsp3) is 0.259. The van der Waals surface area contributed by atoms with Crippen LogP contribution in [0.15, 0.2) is 84.9 Å². The third kappa shape index (κ3) is 5.97. The summed E-state index contributed by atoms with van der Waals surface area (Å²) < 4.78 is 0. The topological polar surface area (TPSA) is 61.4 Å². The first kappa shape index (κ1) is 21.6. The summed E-state index contributed by atoms with van der Waals surface area (Å²) in [5.74, 6) is -0.269. The van der Waals surface area contributed by atoms with Crippen molar-refractivity contribution < 1.29 is 9.59 Å². The molecule has 2 N–H and O–H groups in total. The third-order valence-electron chi connectivity index (χ3n) is 5.72. The van der Waals surface area contributed by atoms with Gasteiger partial charge in [0.05, 0.1) is 12.8 Å². The Hall–Kier alpha value is -3.60. The molecular formula is C27H29N3O2. The van der Waals surface area contributed by atoms with Crippen LogP contribution in [0.1, 0.15) is 35.7 Å². The Kier molecular flexibility index (Phi) is 7.18. The molecular weight excluding hydrogens is 398 g/mol. The maximum Gasteiger partial charge on any atom is 0.226 e. The minimum atomic E-state index is -0.588. The first-order valence-corrected chi connectivity index (χ1v) is 11.2. The van der Waals surface area contributed by atoms with E-state index >= 15 is 0 Å². The van der Waals surface area contributed by atoms with Crippen LogP contribution in [-0.2, 0) is 22.4 Å². The number of amides is 2. The lowest BCUT2D eigenvalue weighted by atomic mass is 10.1. The van der Waals surface area contributed by atoms with Crippen molar-refractivity contribution in [1.29, 1.82) is 0 Å². The van der Waals surface area contributed by atoms with Gasteiger partial charge in [-0.15, -0.1) is 0 Å². The molecule has 0 atom stereocenters. The summed E-state index contributed by atoms with van der Waals surface area (Å²) in [5.41, 5.74) is 3.90. The summed E-state index contributed by atoms with van der Waals surface area (Å²) in [6.45, 7) is 2.15. The van der Waals surface area contributed by atoms with Crippen LogP contribution in [0.25, 0.3) is 0 Å². The summed E-state index contributed by atoms with van der Waals surface area (Å²) in [7, 11) is 0. The maximum atomic E-state index is 12.7. The predicted octanol–water partition coefficient (Wildman–Crippen LogP) is 4.00. The van der Waals surface area contributed by atoms with Gasteiger partial charge in [0.25, 0.3) is 0 Å². The molecule has 0 bridgehead atoms. The van der Waals surface area contributed by atoms with Crippen molar-refractivity contribution in [3.8, 4) is 0 Å². The van der Waals surface area contributed by atoms with E-state index in [-0.39, 0.29) is 24.7 Å². The van der Waals surface area contributed by atoms with E-state index in [1.807, 2.05) is 72.8 Å². The van der Waals surface area contributed by atoms with E-state index < -0.39 is 6.17 Å². The molecule has 1 heterocycles. The zero-order valence-electron chi connectivity index (χ0n) is 18.2. The number of benzene rings is 3. The molecule has 4 rings (SSSR count). The van der Waals surface area contributed by atoms with Crippen molar-refractivity contribution in [3.63, 3.8) is 0 Å². The molecule has 164 valence electrons. The number of carbonyl (C=O) groups is 2. The van der Waals surface area contributed by atoms with Crippen LogP contribution < -0.4 is 15.5 Å². The number of anilines is 1. The lowest BCUT2D eigenvalue weighted by molar-refractivity contribution is -0.123. The number of nitrogens with one attached hydrogen (secondary N) is 2. The molecule has 0 radical (unpaired) electrons. The Bertz CT molecular complexity index is 958. The van der Waals surface area contributed by atoms with Gasteiger partial charge >= 0.3 is 0 Å². The number of nitrogens with zero attached hydrogens (tertiary/aromatic N) is 1. The number of carbonyl (C=O) groups excluding carboxylic acids is 2. The molecule has 0 aromatic heterocycles. The first-order valence-electron chi connectivity index (χ1n) is 11.2. The molecule has 3 aromatic rings. The van der Waals surface area contributed by atoms with Gasteiger partial charge in [-0.2, -0.15) is 0 Å². The molecule has 0 unspecified atom stereocenters. The molecule has 5 heteroatoms. The van der Waals surface area contributed by atoms with E-state index in [4.69, 9.17) is 0 Å². The number of hydrogen-bond acceptors (Lipinski definition) is 3. The minimum Gasteiger partial charge on any atom is -0.372 e. The number of rotatable bonds is 8. The van der Waals surface area contributed by atoms with E-state index in [9.17, 15) is 9.59 Å². The normalized spacial score (nSPS) is 13.2. The van der Waals surface area contributed by atoms with Gasteiger partial charge in [-0.1, -0.05) is 72.8 Å². The second-order valence-electron chi connectivity index (χ2n) is 8.18. The van der Waals surface area contributed by atoms with Gasteiger partial charge < -0.3 is 15.5 Å². The van der Waals surface area contributed by atoms with E-state index in [0.717, 1.165) is 29.8 Å². The molecule has 1 fully saturated rings. The molecule has 5 nitrogen and oxygen atoms in total. The zero-order chi connectivity index (χ0) is 22.2. The van der Waals surface area contributed by atoms with Crippen molar-refractivity contribution in [2.45, 2.75) is 31.8 Å². The van der Waals surface area contributed by atoms with Crippen molar-refractivity contribution in [2.75, 3.05) is 18.0 Å². The lowest BCUT2D eigenvalue weighted by Crippen LogP contribution is -2.42. The molecule has 32 heavy (non-hydrogen) atoms. The third-order valence-corrected chi connectivity index (χ3v) is 5.72. The van der Waals surface area contributed by atoms with Gasteiger partial charge in [-0.05, 0) is 41.7 Å². The molecule has 1 aliphatic rings.